The van der Waals surface area contributed by atoms with Gasteiger partial charge in [-0.05, 0) is 29.9 Å². The highest BCUT2D eigenvalue weighted by Gasteiger charge is 2.34. The summed E-state index contributed by atoms with van der Waals surface area (Å²) >= 11 is 11.7. The number of pyridine rings is 1. The Morgan fingerprint density at radius 2 is 1.89 bits per heavy atom. The largest absolute Gasteiger partial charge is 0.338 e. The van der Waals surface area contributed by atoms with E-state index in [4.69, 9.17) is 23.2 Å². The van der Waals surface area contributed by atoms with Crippen molar-refractivity contribution < 1.29 is 4.79 Å². The van der Waals surface area contributed by atoms with Crippen molar-refractivity contribution >= 4 is 29.1 Å². The van der Waals surface area contributed by atoms with E-state index in [0.717, 1.165) is 19.5 Å². The molecule has 0 bridgehead atoms. The lowest BCUT2D eigenvalue weighted by atomic mass is 9.80. The average molecular weight is 301 g/mol. The van der Waals surface area contributed by atoms with Crippen LogP contribution < -0.4 is 0 Å². The van der Waals surface area contributed by atoms with E-state index < -0.39 is 0 Å². The zero-order valence-electron chi connectivity index (χ0n) is 11.4. The zero-order valence-corrected chi connectivity index (χ0v) is 12.9. The number of halogens is 2. The molecule has 1 aliphatic heterocycles. The summed E-state index contributed by atoms with van der Waals surface area (Å²) in [7, 11) is 0. The molecule has 5 heteroatoms. The van der Waals surface area contributed by atoms with Gasteiger partial charge < -0.3 is 4.90 Å². The first-order chi connectivity index (χ1) is 8.77. The molecule has 19 heavy (non-hydrogen) atoms. The van der Waals surface area contributed by atoms with Gasteiger partial charge in [-0.2, -0.15) is 0 Å². The Morgan fingerprint density at radius 3 is 2.37 bits per heavy atom. The van der Waals surface area contributed by atoms with Gasteiger partial charge in [0.05, 0.1) is 0 Å². The van der Waals surface area contributed by atoms with E-state index in [1.54, 1.807) is 12.1 Å². The Labute approximate surface area is 123 Å². The number of likely N-dealkylation sites (tertiary alicyclic amines) is 1. The lowest BCUT2D eigenvalue weighted by Gasteiger charge is -2.27. The third-order valence-corrected chi connectivity index (χ3v) is 4.10. The summed E-state index contributed by atoms with van der Waals surface area (Å²) in [5.74, 6) is 0.516. The van der Waals surface area contributed by atoms with Crippen molar-refractivity contribution in [2.75, 3.05) is 13.1 Å². The van der Waals surface area contributed by atoms with Crippen LogP contribution in [-0.2, 0) is 0 Å². The summed E-state index contributed by atoms with van der Waals surface area (Å²) < 4.78 is 0. The van der Waals surface area contributed by atoms with Crippen LogP contribution in [0.2, 0.25) is 10.3 Å². The first-order valence-corrected chi connectivity index (χ1v) is 7.15. The first kappa shape index (κ1) is 14.6. The van der Waals surface area contributed by atoms with Gasteiger partial charge in [0.25, 0.3) is 5.91 Å². The minimum absolute atomic E-state index is 0.0158. The summed E-state index contributed by atoms with van der Waals surface area (Å²) in [6.45, 7) is 8.22. The zero-order chi connectivity index (χ0) is 14.2. The van der Waals surface area contributed by atoms with Gasteiger partial charge in [-0.15, -0.1) is 0 Å². The third kappa shape index (κ3) is 3.40. The fraction of sp³-hybridized carbons (Fsp3) is 0.571. The van der Waals surface area contributed by atoms with E-state index in [0.29, 0.717) is 11.5 Å². The Kier molecular flexibility index (Phi) is 4.07. The van der Waals surface area contributed by atoms with E-state index in [1.165, 1.54) is 0 Å². The maximum absolute atomic E-state index is 12.4. The Bertz CT molecular complexity index is 476. The van der Waals surface area contributed by atoms with Crippen molar-refractivity contribution in [3.63, 3.8) is 0 Å². The molecule has 0 saturated carbocycles. The molecule has 1 unspecified atom stereocenters. The van der Waals surface area contributed by atoms with Crippen molar-refractivity contribution in [2.24, 2.45) is 11.3 Å². The molecule has 3 nitrogen and oxygen atoms in total. The molecule has 1 aromatic rings. The molecule has 2 rings (SSSR count). The highest BCUT2D eigenvalue weighted by Crippen LogP contribution is 2.34. The van der Waals surface area contributed by atoms with Crippen LogP contribution in [0.15, 0.2) is 12.1 Å². The second-order valence-electron chi connectivity index (χ2n) is 6.10. The van der Waals surface area contributed by atoms with Gasteiger partial charge in [-0.1, -0.05) is 44.0 Å². The summed E-state index contributed by atoms with van der Waals surface area (Å²) in [6.07, 6.45) is 1.04. The normalized spacial score (nSPS) is 19.8. The van der Waals surface area contributed by atoms with Gasteiger partial charge in [-0.3, -0.25) is 4.79 Å². The molecule has 0 N–H and O–H groups in total. The van der Waals surface area contributed by atoms with Crippen LogP contribution in [0.4, 0.5) is 0 Å². The number of aromatic nitrogens is 1. The smallest absolute Gasteiger partial charge is 0.254 e. The van der Waals surface area contributed by atoms with E-state index >= 15 is 0 Å². The van der Waals surface area contributed by atoms with E-state index in [-0.39, 0.29) is 21.6 Å². The van der Waals surface area contributed by atoms with Crippen LogP contribution in [-0.4, -0.2) is 28.9 Å². The standard InChI is InChI=1S/C14H18Cl2N2O/c1-14(2,3)10-4-5-18(8-10)13(19)9-6-11(15)17-12(16)7-9/h6-7,10H,4-5,8H2,1-3H3. The van der Waals surface area contributed by atoms with Crippen molar-refractivity contribution in [3.05, 3.63) is 28.0 Å². The van der Waals surface area contributed by atoms with Gasteiger partial charge in [-0.25, -0.2) is 4.98 Å². The number of amides is 1. The lowest BCUT2D eigenvalue weighted by molar-refractivity contribution is 0.0776. The van der Waals surface area contributed by atoms with E-state index in [2.05, 4.69) is 25.8 Å². The van der Waals surface area contributed by atoms with Crippen LogP contribution in [0.3, 0.4) is 0 Å². The van der Waals surface area contributed by atoms with Gasteiger partial charge >= 0.3 is 0 Å². The Morgan fingerprint density at radius 1 is 1.32 bits per heavy atom. The molecule has 1 amide bonds. The molecule has 0 spiro atoms. The summed E-state index contributed by atoms with van der Waals surface area (Å²) in [4.78, 5) is 18.1. The Hall–Kier alpha value is -0.800. The lowest BCUT2D eigenvalue weighted by Crippen LogP contribution is -2.31. The number of carbonyl (C=O) groups excluding carboxylic acids is 1. The number of nitrogens with zero attached hydrogens (tertiary/aromatic N) is 2. The summed E-state index contributed by atoms with van der Waals surface area (Å²) in [5.41, 5.74) is 0.738. The monoisotopic (exact) mass is 300 g/mol. The second kappa shape index (κ2) is 5.29. The van der Waals surface area contributed by atoms with Crippen LogP contribution in [0.25, 0.3) is 0 Å². The predicted molar refractivity (Wildman–Crippen MR) is 77.7 cm³/mol. The number of carbonyl (C=O) groups is 1. The summed E-state index contributed by atoms with van der Waals surface area (Å²) in [5, 5.41) is 0.504. The molecule has 0 radical (unpaired) electrons. The van der Waals surface area contributed by atoms with Crippen LogP contribution in [0.1, 0.15) is 37.6 Å². The Balaban J connectivity index is 2.13. The molecular formula is C14H18Cl2N2O. The quantitative estimate of drug-likeness (QED) is 0.737. The number of hydrogen-bond donors (Lipinski definition) is 0. The molecule has 2 heterocycles. The minimum atomic E-state index is -0.0158. The van der Waals surface area contributed by atoms with Crippen molar-refractivity contribution in [2.45, 2.75) is 27.2 Å². The third-order valence-electron chi connectivity index (χ3n) is 3.71. The summed E-state index contributed by atoms with van der Waals surface area (Å²) in [6, 6.07) is 3.14. The molecular weight excluding hydrogens is 283 g/mol. The van der Waals surface area contributed by atoms with Gasteiger partial charge in [0.1, 0.15) is 10.3 Å². The topological polar surface area (TPSA) is 33.2 Å². The molecule has 1 fully saturated rings. The van der Waals surface area contributed by atoms with Gasteiger partial charge in [0.2, 0.25) is 0 Å². The highest BCUT2D eigenvalue weighted by atomic mass is 35.5. The average Bonchev–Trinajstić information content (AvgIpc) is 2.75. The number of rotatable bonds is 1. The molecule has 1 aromatic heterocycles. The predicted octanol–water partition coefficient (Wildman–Crippen LogP) is 3.90. The highest BCUT2D eigenvalue weighted by molar-refractivity contribution is 6.33. The molecule has 1 saturated heterocycles. The molecule has 0 aliphatic carbocycles. The minimum Gasteiger partial charge on any atom is -0.338 e. The van der Waals surface area contributed by atoms with E-state index in [1.807, 2.05) is 4.90 Å². The van der Waals surface area contributed by atoms with Gasteiger partial charge in [0, 0.05) is 18.7 Å². The van der Waals surface area contributed by atoms with Crippen molar-refractivity contribution in [1.82, 2.24) is 9.88 Å². The maximum Gasteiger partial charge on any atom is 0.254 e. The molecule has 0 aromatic carbocycles. The van der Waals surface area contributed by atoms with Crippen LogP contribution >= 0.6 is 23.2 Å². The van der Waals surface area contributed by atoms with Crippen molar-refractivity contribution in [3.8, 4) is 0 Å². The second-order valence-corrected chi connectivity index (χ2v) is 6.88. The first-order valence-electron chi connectivity index (χ1n) is 6.40. The SMILES string of the molecule is CC(C)(C)C1CCN(C(=O)c2cc(Cl)nc(Cl)c2)C1. The van der Waals surface area contributed by atoms with E-state index in [9.17, 15) is 4.79 Å². The van der Waals surface area contributed by atoms with Crippen LogP contribution in [0, 0.1) is 11.3 Å². The van der Waals surface area contributed by atoms with Crippen molar-refractivity contribution in [1.29, 1.82) is 0 Å². The molecule has 104 valence electrons. The van der Waals surface area contributed by atoms with Gasteiger partial charge in [0.15, 0.2) is 0 Å². The molecule has 1 aliphatic rings. The van der Waals surface area contributed by atoms with Crippen LogP contribution in [0.5, 0.6) is 0 Å². The fourth-order valence-corrected chi connectivity index (χ4v) is 2.88. The molecule has 1 atom stereocenters. The number of hydrogen-bond acceptors (Lipinski definition) is 2. The maximum atomic E-state index is 12.4. The fourth-order valence-electron chi connectivity index (χ4n) is 2.42.